The molecule has 0 aliphatic rings. The van der Waals surface area contributed by atoms with Crippen LogP contribution in [0.5, 0.6) is 0 Å². The van der Waals surface area contributed by atoms with E-state index in [1.54, 1.807) is 6.92 Å². The summed E-state index contributed by atoms with van der Waals surface area (Å²) in [6.07, 6.45) is 19.7. The van der Waals surface area contributed by atoms with Crippen molar-refractivity contribution in [3.8, 4) is 0 Å². The van der Waals surface area contributed by atoms with Gasteiger partial charge in [-0.1, -0.05) is 90.4 Å². The van der Waals surface area contributed by atoms with E-state index in [4.69, 9.17) is 9.79 Å². The molecule has 0 bridgehead atoms. The van der Waals surface area contributed by atoms with Crippen molar-refractivity contribution in [1.29, 1.82) is 0 Å². The first-order chi connectivity index (χ1) is 12.5. The molecule has 4 nitrogen and oxygen atoms in total. The molecule has 158 valence electrons. The van der Waals surface area contributed by atoms with E-state index in [1.165, 1.54) is 89.9 Å². The lowest BCUT2D eigenvalue weighted by Crippen LogP contribution is -2.07. The number of thioether (sulfide) groups is 1. The number of hydrogen-bond acceptors (Lipinski definition) is 3. The van der Waals surface area contributed by atoms with E-state index < -0.39 is 7.82 Å². The largest absolute Gasteiger partial charge is 0.469 e. The first-order valence-corrected chi connectivity index (χ1v) is 13.5. The summed E-state index contributed by atoms with van der Waals surface area (Å²) in [5.74, 6) is 2.04. The molecule has 0 radical (unpaired) electrons. The first-order valence-electron chi connectivity index (χ1n) is 10.8. The molecule has 0 spiro atoms. The van der Waals surface area contributed by atoms with E-state index in [-0.39, 0.29) is 6.10 Å². The molecule has 0 saturated carbocycles. The second kappa shape index (κ2) is 18.8. The highest BCUT2D eigenvalue weighted by Crippen LogP contribution is 2.38. The van der Waals surface area contributed by atoms with Crippen molar-refractivity contribution in [2.45, 2.75) is 116 Å². The number of hydrogen-bond donors (Lipinski definition) is 2. The molecule has 2 N–H and O–H groups in total. The van der Waals surface area contributed by atoms with Crippen LogP contribution in [-0.4, -0.2) is 27.4 Å². The van der Waals surface area contributed by atoms with Gasteiger partial charge < -0.3 is 9.79 Å². The molecule has 1 atom stereocenters. The number of phosphoric acid groups is 1. The highest BCUT2D eigenvalue weighted by molar-refractivity contribution is 7.99. The lowest BCUT2D eigenvalue weighted by Gasteiger charge is -2.12. The third-order valence-electron chi connectivity index (χ3n) is 4.63. The minimum atomic E-state index is -4.32. The highest BCUT2D eigenvalue weighted by Gasteiger charge is 2.18. The third-order valence-corrected chi connectivity index (χ3v) is 6.36. The van der Waals surface area contributed by atoms with Gasteiger partial charge in [-0.2, -0.15) is 11.8 Å². The Balaban J connectivity index is 3.12. The zero-order chi connectivity index (χ0) is 19.5. The minimum absolute atomic E-state index is 0.375. The first kappa shape index (κ1) is 26.5. The summed E-state index contributed by atoms with van der Waals surface area (Å²) in [6.45, 7) is 3.99. The predicted molar refractivity (Wildman–Crippen MR) is 115 cm³/mol. The lowest BCUT2D eigenvalue weighted by atomic mass is 10.0. The van der Waals surface area contributed by atoms with Crippen LogP contribution in [-0.2, 0) is 9.09 Å². The summed E-state index contributed by atoms with van der Waals surface area (Å²) in [5, 5.41) is 0. The molecular formula is C20H43O4PS. The van der Waals surface area contributed by atoms with Gasteiger partial charge in [0.15, 0.2) is 0 Å². The van der Waals surface area contributed by atoms with Crippen molar-refractivity contribution in [2.75, 3.05) is 11.5 Å². The molecule has 0 aliphatic carbocycles. The van der Waals surface area contributed by atoms with Gasteiger partial charge in [0.2, 0.25) is 0 Å². The van der Waals surface area contributed by atoms with Gasteiger partial charge >= 0.3 is 7.82 Å². The smallest absolute Gasteiger partial charge is 0.303 e. The topological polar surface area (TPSA) is 66.8 Å². The normalized spacial score (nSPS) is 13.2. The molecule has 0 fully saturated rings. The molecule has 6 heteroatoms. The summed E-state index contributed by atoms with van der Waals surface area (Å²) >= 11 is 1.86. The maximum absolute atomic E-state index is 10.7. The molecule has 0 heterocycles. The summed E-state index contributed by atoms with van der Waals surface area (Å²) in [6, 6.07) is 0. The van der Waals surface area contributed by atoms with Gasteiger partial charge in [-0.25, -0.2) is 4.57 Å². The van der Waals surface area contributed by atoms with Crippen LogP contribution in [0.3, 0.4) is 0 Å². The van der Waals surface area contributed by atoms with Crippen molar-refractivity contribution in [1.82, 2.24) is 0 Å². The fraction of sp³-hybridized carbons (Fsp3) is 1.00. The summed E-state index contributed by atoms with van der Waals surface area (Å²) < 4.78 is 15.3. The van der Waals surface area contributed by atoms with Crippen LogP contribution in [0.15, 0.2) is 0 Å². The monoisotopic (exact) mass is 410 g/mol. The van der Waals surface area contributed by atoms with Crippen LogP contribution in [0.2, 0.25) is 0 Å². The van der Waals surface area contributed by atoms with Crippen LogP contribution in [0.1, 0.15) is 110 Å². The van der Waals surface area contributed by atoms with Gasteiger partial charge in [-0.3, -0.25) is 4.52 Å². The van der Waals surface area contributed by atoms with E-state index in [0.717, 1.165) is 11.5 Å². The maximum atomic E-state index is 10.7. The van der Waals surface area contributed by atoms with Gasteiger partial charge in [0, 0.05) is 0 Å². The molecule has 0 saturated heterocycles. The Bertz CT molecular complexity index is 336. The summed E-state index contributed by atoms with van der Waals surface area (Å²) in [4.78, 5) is 17.4. The molecule has 0 amide bonds. The summed E-state index contributed by atoms with van der Waals surface area (Å²) in [7, 11) is -4.32. The molecule has 0 aromatic carbocycles. The SMILES string of the molecule is CCCCCCCCCCCCCCCCSCCC(C)OP(=O)(O)O. The predicted octanol–water partition coefficient (Wildman–Crippen LogP) is 7.09. The van der Waals surface area contributed by atoms with Gasteiger partial charge in [0.25, 0.3) is 0 Å². The van der Waals surface area contributed by atoms with Crippen LogP contribution < -0.4 is 0 Å². The minimum Gasteiger partial charge on any atom is -0.303 e. The molecule has 0 aromatic rings. The van der Waals surface area contributed by atoms with Crippen LogP contribution in [0.4, 0.5) is 0 Å². The Labute approximate surface area is 166 Å². The van der Waals surface area contributed by atoms with E-state index in [2.05, 4.69) is 11.4 Å². The van der Waals surface area contributed by atoms with E-state index in [0.29, 0.717) is 6.42 Å². The Kier molecular flexibility index (Phi) is 19.1. The molecule has 0 aliphatic heterocycles. The zero-order valence-corrected chi connectivity index (χ0v) is 18.9. The van der Waals surface area contributed by atoms with Crippen LogP contribution in [0.25, 0.3) is 0 Å². The third kappa shape index (κ3) is 22.5. The van der Waals surface area contributed by atoms with E-state index >= 15 is 0 Å². The van der Waals surface area contributed by atoms with Crippen molar-refractivity contribution in [3.63, 3.8) is 0 Å². The number of unbranched alkanes of at least 4 members (excludes halogenated alkanes) is 13. The average Bonchev–Trinajstić information content (AvgIpc) is 2.56. The fourth-order valence-corrected chi connectivity index (χ4v) is 4.72. The standard InChI is InChI=1S/C20H43O4PS/c1-3-4-5-6-7-8-9-10-11-12-13-14-15-16-18-26-19-17-20(2)24-25(21,22)23/h20H,3-19H2,1-2H3,(H2,21,22,23). The Morgan fingerprint density at radius 1 is 0.769 bits per heavy atom. The maximum Gasteiger partial charge on any atom is 0.469 e. The second-order valence-electron chi connectivity index (χ2n) is 7.40. The quantitative estimate of drug-likeness (QED) is 0.166. The number of phosphoric ester groups is 1. The van der Waals surface area contributed by atoms with Crippen molar-refractivity contribution >= 4 is 19.6 Å². The van der Waals surface area contributed by atoms with Crippen molar-refractivity contribution in [3.05, 3.63) is 0 Å². The fourth-order valence-electron chi connectivity index (χ4n) is 3.04. The summed E-state index contributed by atoms with van der Waals surface area (Å²) in [5.41, 5.74) is 0. The van der Waals surface area contributed by atoms with Gasteiger partial charge in [0.05, 0.1) is 6.10 Å². The van der Waals surface area contributed by atoms with Crippen molar-refractivity contribution in [2.24, 2.45) is 0 Å². The van der Waals surface area contributed by atoms with Crippen LogP contribution >= 0.6 is 19.6 Å². The number of rotatable bonds is 20. The van der Waals surface area contributed by atoms with Gasteiger partial charge in [0.1, 0.15) is 0 Å². The molecule has 0 aromatic heterocycles. The van der Waals surface area contributed by atoms with E-state index in [9.17, 15) is 4.57 Å². The molecule has 1 unspecified atom stereocenters. The Hall–Kier alpha value is 0.460. The van der Waals surface area contributed by atoms with E-state index in [1.807, 2.05) is 11.8 Å². The molecule has 26 heavy (non-hydrogen) atoms. The Morgan fingerprint density at radius 2 is 1.19 bits per heavy atom. The molecule has 0 rings (SSSR count). The second-order valence-corrected chi connectivity index (χ2v) is 9.82. The van der Waals surface area contributed by atoms with Crippen molar-refractivity contribution < 1.29 is 18.9 Å². The van der Waals surface area contributed by atoms with Gasteiger partial charge in [-0.15, -0.1) is 0 Å². The molecular weight excluding hydrogens is 367 g/mol. The van der Waals surface area contributed by atoms with Gasteiger partial charge in [-0.05, 0) is 31.3 Å². The Morgan fingerprint density at radius 3 is 1.62 bits per heavy atom. The van der Waals surface area contributed by atoms with Crippen LogP contribution in [0, 0.1) is 0 Å². The zero-order valence-electron chi connectivity index (χ0n) is 17.2. The lowest BCUT2D eigenvalue weighted by molar-refractivity contribution is 0.143. The average molecular weight is 411 g/mol. The highest BCUT2D eigenvalue weighted by atomic mass is 32.2.